The number of hydrogen-bond acceptors (Lipinski definition) is 3. The van der Waals surface area contributed by atoms with Crippen molar-refractivity contribution in [2.75, 3.05) is 6.61 Å². The molecule has 0 saturated heterocycles. The highest BCUT2D eigenvalue weighted by atomic mass is 35.5. The molecule has 0 aliphatic carbocycles. The number of carbonyl (C=O) groups is 1. The molecule has 0 spiro atoms. The Balaban J connectivity index is 2.66. The van der Waals surface area contributed by atoms with Gasteiger partial charge < -0.3 is 4.74 Å². The summed E-state index contributed by atoms with van der Waals surface area (Å²) in [6.07, 6.45) is 5.02. The zero-order valence-electron chi connectivity index (χ0n) is 8.74. The van der Waals surface area contributed by atoms with E-state index in [4.69, 9.17) is 27.9 Å². The summed E-state index contributed by atoms with van der Waals surface area (Å²) in [4.78, 5) is 14.9. The Morgan fingerprint density at radius 1 is 1.56 bits per heavy atom. The summed E-state index contributed by atoms with van der Waals surface area (Å²) in [5.74, 6) is -0.283. The van der Waals surface area contributed by atoms with Gasteiger partial charge in [0.1, 0.15) is 5.15 Å². The molecule has 0 aromatic carbocycles. The molecular formula is C11H11Cl2NO2. The van der Waals surface area contributed by atoms with E-state index in [2.05, 4.69) is 4.98 Å². The van der Waals surface area contributed by atoms with E-state index in [1.165, 1.54) is 6.20 Å². The van der Waals surface area contributed by atoms with Crippen LogP contribution >= 0.6 is 23.2 Å². The standard InChI is InChI=1S/C11H11Cl2NO2/c1-2-16-10(15)5-3-4-8-9(12)6-7-14-11(8)13/h3-4,6-7H,2,5H2,1H3. The molecule has 3 nitrogen and oxygen atoms in total. The van der Waals surface area contributed by atoms with Gasteiger partial charge in [0, 0.05) is 11.8 Å². The van der Waals surface area contributed by atoms with Crippen LogP contribution in [0.2, 0.25) is 10.2 Å². The molecule has 0 unspecified atom stereocenters. The van der Waals surface area contributed by atoms with Crippen molar-refractivity contribution in [1.29, 1.82) is 0 Å². The number of aromatic nitrogens is 1. The fraction of sp³-hybridized carbons (Fsp3) is 0.273. The Bertz CT molecular complexity index is 385. The molecule has 0 N–H and O–H groups in total. The van der Waals surface area contributed by atoms with Crippen LogP contribution in [0.3, 0.4) is 0 Å². The molecule has 0 atom stereocenters. The first kappa shape index (κ1) is 13.0. The quantitative estimate of drug-likeness (QED) is 0.615. The van der Waals surface area contributed by atoms with Gasteiger partial charge in [-0.05, 0) is 13.0 Å². The minimum Gasteiger partial charge on any atom is -0.466 e. The Hall–Kier alpha value is -1.06. The molecular weight excluding hydrogens is 249 g/mol. The normalized spacial score (nSPS) is 10.7. The molecule has 1 aromatic heterocycles. The minimum absolute atomic E-state index is 0.190. The van der Waals surface area contributed by atoms with E-state index < -0.39 is 0 Å². The van der Waals surface area contributed by atoms with Crippen LogP contribution in [0.25, 0.3) is 6.08 Å². The molecule has 0 fully saturated rings. The highest BCUT2D eigenvalue weighted by molar-refractivity contribution is 6.36. The van der Waals surface area contributed by atoms with Gasteiger partial charge in [0.2, 0.25) is 0 Å². The molecule has 1 heterocycles. The maximum Gasteiger partial charge on any atom is 0.309 e. The largest absolute Gasteiger partial charge is 0.466 e. The van der Waals surface area contributed by atoms with Crippen molar-refractivity contribution in [1.82, 2.24) is 4.98 Å². The molecule has 0 bridgehead atoms. The summed E-state index contributed by atoms with van der Waals surface area (Å²) >= 11 is 11.8. The van der Waals surface area contributed by atoms with Gasteiger partial charge in [-0.1, -0.05) is 35.4 Å². The third-order valence-electron chi connectivity index (χ3n) is 1.76. The van der Waals surface area contributed by atoms with Crippen molar-refractivity contribution in [3.8, 4) is 0 Å². The van der Waals surface area contributed by atoms with Gasteiger partial charge in [0.15, 0.2) is 0 Å². The van der Waals surface area contributed by atoms with E-state index in [9.17, 15) is 4.79 Å². The molecule has 86 valence electrons. The van der Waals surface area contributed by atoms with Gasteiger partial charge in [0.05, 0.1) is 18.1 Å². The highest BCUT2D eigenvalue weighted by Crippen LogP contribution is 2.23. The van der Waals surface area contributed by atoms with Crippen molar-refractivity contribution in [2.24, 2.45) is 0 Å². The van der Waals surface area contributed by atoms with Gasteiger partial charge in [-0.3, -0.25) is 4.79 Å². The van der Waals surface area contributed by atoms with E-state index >= 15 is 0 Å². The zero-order valence-corrected chi connectivity index (χ0v) is 10.3. The van der Waals surface area contributed by atoms with Crippen LogP contribution < -0.4 is 0 Å². The summed E-state index contributed by atoms with van der Waals surface area (Å²) in [5.41, 5.74) is 0.607. The number of halogens is 2. The number of nitrogens with zero attached hydrogens (tertiary/aromatic N) is 1. The fourth-order valence-corrected chi connectivity index (χ4v) is 1.55. The van der Waals surface area contributed by atoms with E-state index in [0.717, 1.165) is 0 Å². The summed E-state index contributed by atoms with van der Waals surface area (Å²) < 4.78 is 4.77. The maximum atomic E-state index is 11.0. The molecule has 0 aliphatic rings. The lowest BCUT2D eigenvalue weighted by atomic mass is 10.2. The number of hydrogen-bond donors (Lipinski definition) is 0. The van der Waals surface area contributed by atoms with Crippen LogP contribution in [0.4, 0.5) is 0 Å². The molecule has 0 saturated carbocycles. The average Bonchev–Trinajstić information content (AvgIpc) is 2.23. The van der Waals surface area contributed by atoms with E-state index in [1.807, 2.05) is 0 Å². The third-order valence-corrected chi connectivity index (χ3v) is 2.39. The number of pyridine rings is 1. The molecule has 5 heteroatoms. The SMILES string of the molecule is CCOC(=O)CC=Cc1c(Cl)ccnc1Cl. The summed E-state index contributed by atoms with van der Waals surface area (Å²) in [7, 11) is 0. The topological polar surface area (TPSA) is 39.2 Å². The van der Waals surface area contributed by atoms with Gasteiger partial charge in [-0.15, -0.1) is 0 Å². The number of ether oxygens (including phenoxy) is 1. The van der Waals surface area contributed by atoms with Crippen LogP contribution in [-0.4, -0.2) is 17.6 Å². The Morgan fingerprint density at radius 2 is 2.31 bits per heavy atom. The number of rotatable bonds is 4. The molecule has 1 aromatic rings. The van der Waals surface area contributed by atoms with Crippen molar-refractivity contribution < 1.29 is 9.53 Å². The van der Waals surface area contributed by atoms with Crippen LogP contribution in [0.5, 0.6) is 0 Å². The highest BCUT2D eigenvalue weighted by Gasteiger charge is 2.03. The molecule has 16 heavy (non-hydrogen) atoms. The maximum absolute atomic E-state index is 11.0. The second-order valence-electron chi connectivity index (χ2n) is 2.91. The first-order chi connectivity index (χ1) is 7.65. The second kappa shape index (κ2) is 6.51. The number of carbonyl (C=O) groups excluding carboxylic acids is 1. The van der Waals surface area contributed by atoms with Crippen molar-refractivity contribution in [2.45, 2.75) is 13.3 Å². The van der Waals surface area contributed by atoms with Gasteiger partial charge in [-0.25, -0.2) is 4.98 Å². The van der Waals surface area contributed by atoms with Crippen molar-refractivity contribution >= 4 is 35.2 Å². The fourth-order valence-electron chi connectivity index (χ4n) is 1.07. The number of esters is 1. The summed E-state index contributed by atoms with van der Waals surface area (Å²) in [6, 6.07) is 1.64. The lowest BCUT2D eigenvalue weighted by Crippen LogP contribution is -2.01. The minimum atomic E-state index is -0.283. The summed E-state index contributed by atoms with van der Waals surface area (Å²) in [6.45, 7) is 2.14. The van der Waals surface area contributed by atoms with Crippen LogP contribution in [0, 0.1) is 0 Å². The molecule has 1 rings (SSSR count). The first-order valence-electron chi connectivity index (χ1n) is 4.77. The van der Waals surface area contributed by atoms with Crippen LogP contribution in [0.1, 0.15) is 18.9 Å². The average molecular weight is 260 g/mol. The van der Waals surface area contributed by atoms with Gasteiger partial charge in [-0.2, -0.15) is 0 Å². The predicted molar refractivity (Wildman–Crippen MR) is 64.5 cm³/mol. The van der Waals surface area contributed by atoms with E-state index in [1.54, 1.807) is 25.1 Å². The van der Waals surface area contributed by atoms with Gasteiger partial charge in [0.25, 0.3) is 0 Å². The lowest BCUT2D eigenvalue weighted by molar-refractivity contribution is -0.142. The zero-order chi connectivity index (χ0) is 12.0. The van der Waals surface area contributed by atoms with E-state index in [-0.39, 0.29) is 12.4 Å². The molecule has 0 aliphatic heterocycles. The molecule has 0 amide bonds. The third kappa shape index (κ3) is 3.83. The first-order valence-corrected chi connectivity index (χ1v) is 5.53. The Morgan fingerprint density at radius 3 is 2.94 bits per heavy atom. The van der Waals surface area contributed by atoms with Crippen LogP contribution in [0.15, 0.2) is 18.3 Å². The van der Waals surface area contributed by atoms with Crippen molar-refractivity contribution in [3.63, 3.8) is 0 Å². The Kier molecular flexibility index (Phi) is 5.29. The van der Waals surface area contributed by atoms with E-state index in [0.29, 0.717) is 22.3 Å². The Labute approximate surface area is 104 Å². The lowest BCUT2D eigenvalue weighted by Gasteiger charge is -2.00. The van der Waals surface area contributed by atoms with Crippen LogP contribution in [-0.2, 0) is 9.53 Å². The smallest absolute Gasteiger partial charge is 0.309 e. The second-order valence-corrected chi connectivity index (χ2v) is 3.67. The predicted octanol–water partition coefficient (Wildman–Crippen LogP) is 3.35. The van der Waals surface area contributed by atoms with Gasteiger partial charge >= 0.3 is 5.97 Å². The monoisotopic (exact) mass is 259 g/mol. The van der Waals surface area contributed by atoms with Crippen molar-refractivity contribution in [3.05, 3.63) is 34.1 Å². The summed E-state index contributed by atoms with van der Waals surface area (Å²) in [5, 5.41) is 0.813. The molecule has 0 radical (unpaired) electrons.